The van der Waals surface area contributed by atoms with Crippen LogP contribution in [0.15, 0.2) is 352 Å². The Hall–Kier alpha value is -11.8. The summed E-state index contributed by atoms with van der Waals surface area (Å²) < 4.78 is 2.61. The topological polar surface area (TPSA) is 11.4 Å². The Morgan fingerprint density at radius 2 is 0.525 bits per heavy atom. The number of fused-ring (bicyclic) bond motifs is 7. The number of hydrogen-bond donors (Lipinski definition) is 0. The second-order valence-electron chi connectivity index (χ2n) is 40.2. The van der Waals surface area contributed by atoms with Crippen LogP contribution in [-0.2, 0) is 32.5 Å². The maximum atomic E-state index is 2.70. The second kappa shape index (κ2) is 29.6. The normalized spacial score (nSPS) is 13.4. The maximum Gasteiger partial charge on any atom is 0.252 e. The van der Waals surface area contributed by atoms with Gasteiger partial charge in [-0.3, -0.25) is 0 Å². The lowest BCUT2D eigenvalue weighted by molar-refractivity contribution is 0.568. The molecule has 0 N–H and O–H groups in total. The van der Waals surface area contributed by atoms with Crippen LogP contribution in [0.1, 0.15) is 158 Å². The van der Waals surface area contributed by atoms with Crippen molar-refractivity contribution in [2.45, 2.75) is 157 Å². The fraction of sp³-hybridized carbons (Fsp3) is 0.211. The van der Waals surface area contributed by atoms with Crippen LogP contribution in [0.2, 0.25) is 0 Å². The van der Waals surface area contributed by atoms with E-state index in [0.29, 0.717) is 0 Å². The molecule has 3 heterocycles. The van der Waals surface area contributed by atoms with E-state index in [0.717, 1.165) is 39.8 Å². The van der Waals surface area contributed by atoms with Crippen molar-refractivity contribution < 1.29 is 0 Å². The summed E-state index contributed by atoms with van der Waals surface area (Å²) in [5.74, 6) is 0. The smallest absolute Gasteiger partial charge is 0.252 e. The van der Waals surface area contributed by atoms with E-state index in [1.54, 1.807) is 0 Å². The van der Waals surface area contributed by atoms with Crippen molar-refractivity contribution in [1.82, 2.24) is 4.57 Å². The van der Waals surface area contributed by atoms with E-state index in [-0.39, 0.29) is 39.2 Å². The SMILES string of the molecule is CC(C)(C)c1cc(-c2ccc(N3c4cc(-c5cc(C(C)(C)C)cc(C(C)(C)C)c5)ccc4B4c5cc([Si](c6ccccc6)(c6ccccc6)c6ccccc6)ccc5N(c5ccc([Si](c6ccccc6)(c6ccccc6)c6ccccc6)cc5)c5cc(-n6c7ccc(C(C)(C)C)cc7c7cc(C(C)(C)C)ccc76)cc3c54)cc2)cc(C(C)(C)C)c1. The highest BCUT2D eigenvalue weighted by atomic mass is 28.3. The number of anilines is 6. The van der Waals surface area contributed by atoms with Crippen LogP contribution in [0.4, 0.5) is 34.1 Å². The van der Waals surface area contributed by atoms with Gasteiger partial charge in [0, 0.05) is 44.9 Å². The van der Waals surface area contributed by atoms with Crippen molar-refractivity contribution in [3.8, 4) is 27.9 Å². The number of hydrogen-bond acceptors (Lipinski definition) is 2. The van der Waals surface area contributed by atoms with E-state index in [4.69, 9.17) is 0 Å². The predicted octanol–water partition coefficient (Wildman–Crippen LogP) is 22.7. The molecule has 120 heavy (non-hydrogen) atoms. The van der Waals surface area contributed by atoms with Gasteiger partial charge in [0.05, 0.1) is 16.7 Å². The maximum absolute atomic E-state index is 3.19. The molecule has 0 aliphatic carbocycles. The van der Waals surface area contributed by atoms with Gasteiger partial charge in [-0.25, -0.2) is 0 Å². The zero-order chi connectivity index (χ0) is 83.8. The molecule has 0 spiro atoms. The van der Waals surface area contributed by atoms with Crippen LogP contribution >= 0.6 is 0 Å². The van der Waals surface area contributed by atoms with Gasteiger partial charge < -0.3 is 14.4 Å². The fourth-order valence-electron chi connectivity index (χ4n) is 19.4. The van der Waals surface area contributed by atoms with Crippen molar-refractivity contribution in [3.05, 3.63) is 385 Å². The van der Waals surface area contributed by atoms with Gasteiger partial charge >= 0.3 is 0 Å². The minimum absolute atomic E-state index is 0.0611. The van der Waals surface area contributed by atoms with Gasteiger partial charge in [-0.05, 0) is 219 Å². The molecule has 6 heteroatoms. The van der Waals surface area contributed by atoms with Crippen LogP contribution in [0.5, 0.6) is 0 Å². The molecule has 15 aromatic carbocycles. The highest BCUT2D eigenvalue weighted by molar-refractivity contribution is 7.20. The van der Waals surface area contributed by atoms with Gasteiger partial charge in [0.2, 0.25) is 0 Å². The first-order valence-corrected chi connectivity index (χ1v) is 47.3. The predicted molar refractivity (Wildman–Crippen MR) is 525 cm³/mol. The molecule has 16 aromatic rings. The lowest BCUT2D eigenvalue weighted by Crippen LogP contribution is -2.75. The molecular formula is C114H112BN3Si2. The molecule has 2 aliphatic rings. The minimum Gasteiger partial charge on any atom is -0.311 e. The van der Waals surface area contributed by atoms with Crippen molar-refractivity contribution in [2.75, 3.05) is 9.80 Å². The molecule has 1 aromatic heterocycles. The molecular weight excluding hydrogens is 1480 g/mol. The van der Waals surface area contributed by atoms with E-state index < -0.39 is 16.1 Å². The molecule has 0 amide bonds. The standard InChI is InChI=1S/C114H112BN3Si2/c1-109(2,3)81-52-62-102-98(72-81)99-73-82(110(4,5)6)53-63-103(99)118(102)89-74-106-108-107(75-89)117(87-54-49-77(50-55-87)79-65-83(111(7,8)9)70-84(66-79)112(10,11)12)105-69-78(80-67-85(113(13,14)15)71-86(68-80)114(16,17)18)51-61-100(105)115(108)101-76-97(120(93-43-31-22-32-44-93,94-45-33-23-34-46-94)95-47-35-24-36-48-95)60-64-104(101)116(106)88-56-58-96(59-57-88)119(90-37-25-19-26-38-90,91-39-27-20-28-40-91)92-41-29-21-30-42-92/h19-76H,1-18H3. The largest absolute Gasteiger partial charge is 0.311 e. The summed E-state index contributed by atoms with van der Waals surface area (Å²) in [7, 11) is -6.19. The summed E-state index contributed by atoms with van der Waals surface area (Å²) in [5, 5.41) is 13.2. The molecule has 594 valence electrons. The summed E-state index contributed by atoms with van der Waals surface area (Å²) >= 11 is 0. The van der Waals surface area contributed by atoms with Crippen LogP contribution in [0.25, 0.3) is 49.7 Å². The number of rotatable bonds is 13. The average Bonchev–Trinajstić information content (AvgIpc) is 0.895. The summed E-state index contributed by atoms with van der Waals surface area (Å²) in [4.78, 5) is 5.36. The van der Waals surface area contributed by atoms with Crippen LogP contribution < -0.4 is 67.7 Å². The highest BCUT2D eigenvalue weighted by Gasteiger charge is 2.49. The minimum atomic E-state index is -3.19. The second-order valence-corrected chi connectivity index (χ2v) is 47.9. The van der Waals surface area contributed by atoms with E-state index in [1.807, 2.05) is 0 Å². The van der Waals surface area contributed by atoms with Crippen molar-refractivity contribution in [2.24, 2.45) is 0 Å². The lowest BCUT2D eigenvalue weighted by atomic mass is 9.33. The summed E-state index contributed by atoms with van der Waals surface area (Å²) in [5.41, 5.74) is 26.2. The van der Waals surface area contributed by atoms with E-state index in [1.165, 1.54) is 135 Å². The van der Waals surface area contributed by atoms with Gasteiger partial charge in [-0.15, -0.1) is 0 Å². The molecule has 3 nitrogen and oxygen atoms in total. The number of aromatic nitrogens is 1. The Balaban J connectivity index is 0.994. The number of nitrogens with zero attached hydrogens (tertiary/aromatic N) is 3. The molecule has 0 saturated carbocycles. The zero-order valence-corrected chi connectivity index (χ0v) is 75.4. The third kappa shape index (κ3) is 13.8. The van der Waals surface area contributed by atoms with Gasteiger partial charge in [0.25, 0.3) is 6.71 Å². The van der Waals surface area contributed by atoms with E-state index in [9.17, 15) is 0 Å². The Labute approximate surface area is 716 Å². The Bertz CT molecular complexity index is 6220. The Kier molecular flexibility index (Phi) is 19.5. The summed E-state index contributed by atoms with van der Waals surface area (Å²) in [6, 6.07) is 138. The van der Waals surface area contributed by atoms with E-state index >= 15 is 0 Å². The van der Waals surface area contributed by atoms with Crippen LogP contribution in [0, 0.1) is 0 Å². The van der Waals surface area contributed by atoms with Crippen LogP contribution in [0.3, 0.4) is 0 Å². The Morgan fingerprint density at radius 3 is 0.892 bits per heavy atom. The first-order chi connectivity index (χ1) is 57.3. The molecule has 0 unspecified atom stereocenters. The highest BCUT2D eigenvalue weighted by Crippen LogP contribution is 2.49. The molecule has 2 aliphatic heterocycles. The first kappa shape index (κ1) is 79.3. The fourth-order valence-corrected chi connectivity index (χ4v) is 29.0. The third-order valence-corrected chi connectivity index (χ3v) is 35.7. The Morgan fingerprint density at radius 1 is 0.208 bits per heavy atom. The summed E-state index contributed by atoms with van der Waals surface area (Å²) in [6.07, 6.45) is 0. The van der Waals surface area contributed by atoms with Crippen molar-refractivity contribution in [1.29, 1.82) is 0 Å². The molecule has 0 atom stereocenters. The number of benzene rings is 15. The molecule has 0 saturated heterocycles. The van der Waals surface area contributed by atoms with E-state index in [2.05, 4.69) is 491 Å². The van der Waals surface area contributed by atoms with Crippen LogP contribution in [-0.4, -0.2) is 27.4 Å². The van der Waals surface area contributed by atoms with Gasteiger partial charge in [-0.1, -0.05) is 404 Å². The monoisotopic (exact) mass is 1590 g/mol. The summed E-state index contributed by atoms with van der Waals surface area (Å²) in [6.45, 7) is 42.1. The first-order valence-electron chi connectivity index (χ1n) is 43.3. The molecule has 18 rings (SSSR count). The van der Waals surface area contributed by atoms with Gasteiger partial charge in [-0.2, -0.15) is 0 Å². The zero-order valence-electron chi connectivity index (χ0n) is 73.4. The molecule has 0 radical (unpaired) electrons. The molecule has 0 fully saturated rings. The lowest BCUT2D eigenvalue weighted by Gasteiger charge is -2.45. The molecule has 0 bridgehead atoms. The van der Waals surface area contributed by atoms with Crippen molar-refractivity contribution in [3.63, 3.8) is 0 Å². The quantitative estimate of drug-likeness (QED) is 0.0842. The third-order valence-electron chi connectivity index (χ3n) is 26.2. The average molecular weight is 1590 g/mol. The van der Waals surface area contributed by atoms with Gasteiger partial charge in [0.1, 0.15) is 0 Å². The van der Waals surface area contributed by atoms with Gasteiger partial charge in [0.15, 0.2) is 16.1 Å². The van der Waals surface area contributed by atoms with Crippen molar-refractivity contribution >= 4 is 137 Å².